The fourth-order valence-corrected chi connectivity index (χ4v) is 4.93. The van der Waals surface area contributed by atoms with Crippen LogP contribution in [0, 0.1) is 24.7 Å². The largest absolute Gasteiger partial charge is 3.00 e. The van der Waals surface area contributed by atoms with Gasteiger partial charge in [-0.1, -0.05) is 189 Å². The van der Waals surface area contributed by atoms with Gasteiger partial charge in [0.2, 0.25) is 0 Å². The molecule has 4 aliphatic carbocycles. The summed E-state index contributed by atoms with van der Waals surface area (Å²) in [6.45, 7) is 0. The van der Waals surface area contributed by atoms with Crippen LogP contribution in [0.1, 0.15) is 140 Å². The number of benzene rings is 2. The van der Waals surface area contributed by atoms with E-state index in [-0.39, 0.29) is 52.4 Å². The molecule has 4 saturated carbocycles. The summed E-state index contributed by atoms with van der Waals surface area (Å²) in [4.78, 5) is 0. The van der Waals surface area contributed by atoms with Crippen molar-refractivity contribution in [2.75, 3.05) is 0 Å². The zero-order chi connectivity index (χ0) is 27.2. The third kappa shape index (κ3) is 28.8. The Morgan fingerprint density at radius 1 is 0.350 bits per heavy atom. The third-order valence-electron chi connectivity index (χ3n) is 7.27. The number of rotatable bonds is 2. The van der Waals surface area contributed by atoms with Crippen molar-refractivity contribution in [1.29, 1.82) is 0 Å². The van der Waals surface area contributed by atoms with Crippen molar-refractivity contribution < 1.29 is 52.4 Å². The van der Waals surface area contributed by atoms with E-state index in [1.54, 1.807) is 0 Å². The Labute approximate surface area is 287 Å². The molecule has 0 saturated heterocycles. The fraction of sp³-hybridized carbons (Fsp3) is 0.579. The summed E-state index contributed by atoms with van der Waals surface area (Å²) in [5.41, 5.74) is 2.29. The first-order chi connectivity index (χ1) is 18.9. The summed E-state index contributed by atoms with van der Waals surface area (Å²) in [7, 11) is 0. The standard InChI is InChI=1S/2C9H7.4C5H10.2Zr/c2*1-2-6-9-7-4-3-5-8-9;4*1-2-4-5-3-1;;/h2*3-5,7-8H,6H2;4*1-5H2;;/q2*-1;;;;;2*+3. The van der Waals surface area contributed by atoms with Crippen LogP contribution in [0.5, 0.6) is 0 Å². The predicted molar refractivity (Wildman–Crippen MR) is 167 cm³/mol. The molecule has 0 unspecified atom stereocenters. The maximum Gasteiger partial charge on any atom is 3.00 e. The maximum absolute atomic E-state index is 6.69. The van der Waals surface area contributed by atoms with Crippen LogP contribution in [0.3, 0.4) is 0 Å². The maximum atomic E-state index is 6.69. The summed E-state index contributed by atoms with van der Waals surface area (Å²) in [6.07, 6.45) is 44.6. The van der Waals surface area contributed by atoms with Crippen molar-refractivity contribution in [2.24, 2.45) is 0 Å². The molecule has 0 bridgehead atoms. The normalized spacial score (nSPS) is 15.8. The van der Waals surface area contributed by atoms with E-state index in [9.17, 15) is 0 Å². The molecule has 2 heteroatoms. The summed E-state index contributed by atoms with van der Waals surface area (Å²) in [5.74, 6) is 4.67. The Balaban J connectivity index is 0. The Kier molecular flexibility index (Phi) is 35.8. The van der Waals surface area contributed by atoms with Crippen molar-refractivity contribution in [3.05, 3.63) is 84.6 Å². The Hall–Kier alpha value is -0.674. The number of hydrogen-bond acceptors (Lipinski definition) is 0. The van der Waals surface area contributed by atoms with Crippen LogP contribution >= 0.6 is 0 Å². The predicted octanol–water partition coefficient (Wildman–Crippen LogP) is 11.4. The van der Waals surface area contributed by atoms with Crippen LogP contribution in [0.2, 0.25) is 0 Å². The van der Waals surface area contributed by atoms with Crippen LogP contribution in [0.25, 0.3) is 0 Å². The molecule has 2 aromatic carbocycles. The third-order valence-corrected chi connectivity index (χ3v) is 7.27. The minimum Gasteiger partial charge on any atom is -0.693 e. The molecular weight excluding hydrogens is 639 g/mol. The van der Waals surface area contributed by atoms with E-state index in [1.807, 2.05) is 60.7 Å². The second-order valence-corrected chi connectivity index (χ2v) is 10.7. The Bertz CT molecular complexity index is 678. The van der Waals surface area contributed by atoms with Gasteiger partial charge in [-0.2, -0.15) is 0 Å². The van der Waals surface area contributed by atoms with Gasteiger partial charge in [-0.05, 0) is 24.0 Å². The zero-order valence-electron chi connectivity index (χ0n) is 25.3. The van der Waals surface area contributed by atoms with E-state index >= 15 is 0 Å². The monoisotopic (exact) mass is 690 g/mol. The van der Waals surface area contributed by atoms with Gasteiger partial charge in [0.25, 0.3) is 0 Å². The summed E-state index contributed by atoms with van der Waals surface area (Å²) in [5, 5.41) is 0. The van der Waals surface area contributed by atoms with Crippen LogP contribution in [0.4, 0.5) is 0 Å². The molecule has 40 heavy (non-hydrogen) atoms. The van der Waals surface area contributed by atoms with E-state index in [0.29, 0.717) is 12.8 Å². The summed E-state index contributed by atoms with van der Waals surface area (Å²) >= 11 is 0. The Morgan fingerprint density at radius 2 is 0.525 bits per heavy atom. The van der Waals surface area contributed by atoms with Crippen LogP contribution in [-0.4, -0.2) is 0 Å². The van der Waals surface area contributed by atoms with Crippen molar-refractivity contribution in [3.8, 4) is 11.8 Å². The van der Waals surface area contributed by atoms with Gasteiger partial charge in [0.1, 0.15) is 0 Å². The first-order valence-electron chi connectivity index (χ1n) is 15.7. The molecule has 0 amide bonds. The molecule has 0 heterocycles. The molecule has 2 aromatic rings. The van der Waals surface area contributed by atoms with E-state index in [0.717, 1.165) is 11.1 Å². The van der Waals surface area contributed by atoms with Crippen molar-refractivity contribution in [3.63, 3.8) is 0 Å². The van der Waals surface area contributed by atoms with Gasteiger partial charge in [0.15, 0.2) is 0 Å². The van der Waals surface area contributed by atoms with E-state index in [1.165, 1.54) is 128 Å². The average molecular weight is 693 g/mol. The molecule has 2 radical (unpaired) electrons. The van der Waals surface area contributed by atoms with Gasteiger partial charge < -0.3 is 24.7 Å². The van der Waals surface area contributed by atoms with Crippen LogP contribution in [-0.2, 0) is 65.2 Å². The smallest absolute Gasteiger partial charge is 0.693 e. The Morgan fingerprint density at radius 3 is 0.675 bits per heavy atom. The van der Waals surface area contributed by atoms with E-state index < -0.39 is 0 Å². The number of hydrogen-bond donors (Lipinski definition) is 0. The van der Waals surface area contributed by atoms with E-state index in [4.69, 9.17) is 12.8 Å². The summed E-state index contributed by atoms with van der Waals surface area (Å²) in [6, 6.07) is 19.7. The molecule has 6 rings (SSSR count). The van der Waals surface area contributed by atoms with Gasteiger partial charge in [0, 0.05) is 0 Å². The summed E-state index contributed by atoms with van der Waals surface area (Å²) < 4.78 is 0. The van der Waals surface area contributed by atoms with Crippen LogP contribution < -0.4 is 0 Å². The molecule has 0 atom stereocenters. The van der Waals surface area contributed by atoms with Gasteiger partial charge in [0.05, 0.1) is 0 Å². The molecule has 4 fully saturated rings. The zero-order valence-corrected chi connectivity index (χ0v) is 30.2. The van der Waals surface area contributed by atoms with Crippen molar-refractivity contribution in [1.82, 2.24) is 0 Å². The second kappa shape index (κ2) is 34.5. The quantitative estimate of drug-likeness (QED) is 0.217. The molecular formula is C38H54Zr2+4. The first kappa shape index (κ1) is 41.5. The van der Waals surface area contributed by atoms with Crippen molar-refractivity contribution >= 4 is 0 Å². The van der Waals surface area contributed by atoms with E-state index in [2.05, 4.69) is 11.8 Å². The topological polar surface area (TPSA) is 0 Å². The van der Waals surface area contributed by atoms with Crippen molar-refractivity contribution in [2.45, 2.75) is 141 Å². The fourth-order valence-electron chi connectivity index (χ4n) is 4.93. The van der Waals surface area contributed by atoms with Gasteiger partial charge in [-0.3, -0.25) is 0 Å². The molecule has 0 spiro atoms. The minimum absolute atomic E-state index is 0. The molecule has 0 nitrogen and oxygen atoms in total. The SMILES string of the molecule is C1CCCC1.C1CCCC1.C1CCCC1.C1CCCC1.[C-]#CCc1ccccc1.[C-]#CCc1ccccc1.[Zr+3].[Zr+3]. The molecule has 210 valence electrons. The second-order valence-electron chi connectivity index (χ2n) is 10.7. The molecule has 0 aromatic heterocycles. The van der Waals surface area contributed by atoms with Gasteiger partial charge in [-0.15, -0.1) is 0 Å². The van der Waals surface area contributed by atoms with Gasteiger partial charge in [-0.25, -0.2) is 0 Å². The van der Waals surface area contributed by atoms with Gasteiger partial charge >= 0.3 is 52.4 Å². The van der Waals surface area contributed by atoms with Crippen LogP contribution in [0.15, 0.2) is 60.7 Å². The average Bonchev–Trinajstić information content (AvgIpc) is 3.81. The minimum atomic E-state index is 0. The molecule has 0 aliphatic heterocycles. The molecule has 0 N–H and O–H groups in total. The molecule has 4 aliphatic rings. The first-order valence-corrected chi connectivity index (χ1v) is 15.7.